The molecule has 0 aliphatic heterocycles. The molecule has 14 heavy (non-hydrogen) atoms. The molecule has 78 valence electrons. The highest BCUT2D eigenvalue weighted by molar-refractivity contribution is 6.17. The first kappa shape index (κ1) is 10.8. The van der Waals surface area contributed by atoms with Gasteiger partial charge >= 0.3 is 11.6 Å². The van der Waals surface area contributed by atoms with Crippen molar-refractivity contribution in [3.63, 3.8) is 0 Å². The van der Waals surface area contributed by atoms with Crippen molar-refractivity contribution in [3.8, 4) is 0 Å². The number of aliphatic imine (C=N–C) groups is 1. The van der Waals surface area contributed by atoms with Gasteiger partial charge in [0.05, 0.1) is 18.9 Å². The van der Waals surface area contributed by atoms with Crippen molar-refractivity contribution in [3.05, 3.63) is 5.69 Å². The number of aromatic nitrogens is 2. The standard InChI is InChI=1S/C7H11ClN4O2/c1-5(13)9-7-6(4-8)12(10-14-7)11(2)3/h4H2,1-3H3. The Labute approximate surface area is 86.3 Å². The van der Waals surface area contributed by atoms with Crippen LogP contribution in [-0.4, -0.2) is 25.3 Å². The van der Waals surface area contributed by atoms with E-state index >= 15 is 0 Å². The molecule has 0 fully saturated rings. The van der Waals surface area contributed by atoms with Crippen LogP contribution >= 0.6 is 11.6 Å². The van der Waals surface area contributed by atoms with Crippen LogP contribution in [0.5, 0.6) is 0 Å². The van der Waals surface area contributed by atoms with Gasteiger partial charge in [0.15, 0.2) is 0 Å². The van der Waals surface area contributed by atoms with Gasteiger partial charge in [0.2, 0.25) is 5.27 Å². The fourth-order valence-electron chi connectivity index (χ4n) is 0.918. The van der Waals surface area contributed by atoms with Crippen LogP contribution in [0.1, 0.15) is 12.6 Å². The van der Waals surface area contributed by atoms with Crippen molar-refractivity contribution < 1.29 is 14.4 Å². The van der Waals surface area contributed by atoms with Gasteiger partial charge in [0.1, 0.15) is 5.88 Å². The Morgan fingerprint density at radius 2 is 2.36 bits per heavy atom. The Morgan fingerprint density at radius 3 is 2.79 bits per heavy atom. The highest BCUT2D eigenvalue weighted by atomic mass is 35.5. The van der Waals surface area contributed by atoms with Gasteiger partial charge in [-0.3, -0.25) is 4.52 Å². The Hall–Kier alpha value is -1.30. The molecule has 0 amide bonds. The number of hydrogen-bond donors (Lipinski definition) is 0. The number of alkyl halides is 1. The van der Waals surface area contributed by atoms with Crippen molar-refractivity contribution in [1.82, 2.24) is 5.27 Å². The van der Waals surface area contributed by atoms with E-state index in [1.807, 2.05) is 0 Å². The molecule has 0 N–H and O–H groups in total. The fraction of sp³-hybridized carbons (Fsp3) is 0.571. The van der Waals surface area contributed by atoms with E-state index in [4.69, 9.17) is 16.1 Å². The summed E-state index contributed by atoms with van der Waals surface area (Å²) in [5, 5.41) is 16.1. The van der Waals surface area contributed by atoms with Crippen LogP contribution in [0.2, 0.25) is 0 Å². The van der Waals surface area contributed by atoms with Crippen LogP contribution in [0.15, 0.2) is 9.52 Å². The quantitative estimate of drug-likeness (QED) is 0.292. The minimum atomic E-state index is -0.349. The van der Waals surface area contributed by atoms with Crippen LogP contribution in [-0.2, 0) is 5.88 Å². The van der Waals surface area contributed by atoms with Crippen molar-refractivity contribution in [2.45, 2.75) is 12.8 Å². The second-order valence-corrected chi connectivity index (χ2v) is 3.09. The minimum absolute atomic E-state index is 0.154. The third kappa shape index (κ3) is 2.14. The lowest BCUT2D eigenvalue weighted by Gasteiger charge is -1.99. The van der Waals surface area contributed by atoms with Gasteiger partial charge in [0, 0.05) is 0 Å². The summed E-state index contributed by atoms with van der Waals surface area (Å²) < 4.78 is 4.86. The molecule has 6 nitrogen and oxygen atoms in total. The lowest BCUT2D eigenvalue weighted by Crippen LogP contribution is -2.56. The normalized spacial score (nSPS) is 11.9. The van der Waals surface area contributed by atoms with Gasteiger partial charge in [0.25, 0.3) is 0 Å². The monoisotopic (exact) mass is 218 g/mol. The first-order valence-electron chi connectivity index (χ1n) is 3.93. The molecular formula is C7H11ClN4O2. The van der Waals surface area contributed by atoms with E-state index < -0.39 is 0 Å². The molecular weight excluding hydrogens is 208 g/mol. The molecule has 1 rings (SSSR count). The molecule has 0 bridgehead atoms. The molecule has 1 heterocycles. The van der Waals surface area contributed by atoms with E-state index in [0.717, 1.165) is 0 Å². The number of halogens is 1. The third-order valence-corrected chi connectivity index (χ3v) is 1.71. The summed E-state index contributed by atoms with van der Waals surface area (Å²) in [5.41, 5.74) is 0.548. The highest BCUT2D eigenvalue weighted by Gasteiger charge is 2.25. The number of nitrogens with zero attached hydrogens (tertiary/aromatic N) is 4. The van der Waals surface area contributed by atoms with Crippen LogP contribution in [0.3, 0.4) is 0 Å². The zero-order valence-corrected chi connectivity index (χ0v) is 8.95. The topological polar surface area (TPSA) is 68.6 Å². The van der Waals surface area contributed by atoms with Crippen LogP contribution < -0.4 is 14.9 Å². The van der Waals surface area contributed by atoms with Gasteiger partial charge in [-0.05, 0) is 12.8 Å². The number of hydrogen-bond acceptors (Lipinski definition) is 5. The first-order chi connectivity index (χ1) is 6.56. The molecule has 0 aliphatic carbocycles. The Balaban J connectivity index is 3.14. The average Bonchev–Trinajstić information content (AvgIpc) is 2.46. The van der Waals surface area contributed by atoms with Gasteiger partial charge in [-0.25, -0.2) is 4.99 Å². The lowest BCUT2D eigenvalue weighted by molar-refractivity contribution is -0.758. The highest BCUT2D eigenvalue weighted by Crippen LogP contribution is 2.15. The molecule has 0 aliphatic rings. The third-order valence-electron chi connectivity index (χ3n) is 1.46. The number of rotatable bonds is 3. The summed E-state index contributed by atoms with van der Waals surface area (Å²) in [6, 6.07) is 0. The minimum Gasteiger partial charge on any atom is -0.862 e. The average molecular weight is 219 g/mol. The van der Waals surface area contributed by atoms with E-state index in [0.29, 0.717) is 5.69 Å². The molecule has 7 heteroatoms. The predicted octanol–water partition coefficient (Wildman–Crippen LogP) is -0.691. The van der Waals surface area contributed by atoms with Crippen LogP contribution in [0.4, 0.5) is 5.88 Å². The van der Waals surface area contributed by atoms with Crippen LogP contribution in [0.25, 0.3) is 0 Å². The lowest BCUT2D eigenvalue weighted by atomic mass is 10.5. The zero-order chi connectivity index (χ0) is 10.7. The first-order valence-corrected chi connectivity index (χ1v) is 4.46. The van der Waals surface area contributed by atoms with E-state index in [1.54, 1.807) is 19.1 Å². The molecule has 0 saturated carbocycles. The molecule has 0 saturated heterocycles. The van der Waals surface area contributed by atoms with E-state index in [2.05, 4.69) is 10.3 Å². The van der Waals surface area contributed by atoms with Crippen molar-refractivity contribution in [2.24, 2.45) is 4.99 Å². The maximum absolute atomic E-state index is 10.7. The van der Waals surface area contributed by atoms with Gasteiger partial charge < -0.3 is 5.11 Å². The van der Waals surface area contributed by atoms with E-state index in [-0.39, 0.29) is 17.7 Å². The van der Waals surface area contributed by atoms with Gasteiger partial charge in [-0.15, -0.1) is 11.6 Å². The molecule has 0 aromatic carbocycles. The van der Waals surface area contributed by atoms with Crippen molar-refractivity contribution >= 4 is 23.4 Å². The summed E-state index contributed by atoms with van der Waals surface area (Å²) in [7, 11) is 3.55. The Morgan fingerprint density at radius 1 is 1.71 bits per heavy atom. The predicted molar refractivity (Wildman–Crippen MR) is 49.1 cm³/mol. The zero-order valence-electron chi connectivity index (χ0n) is 8.19. The maximum atomic E-state index is 10.7. The Bertz CT molecular complexity index is 343. The van der Waals surface area contributed by atoms with Crippen molar-refractivity contribution in [1.29, 1.82) is 0 Å². The van der Waals surface area contributed by atoms with E-state index in [9.17, 15) is 5.11 Å². The van der Waals surface area contributed by atoms with E-state index in [1.165, 1.54) is 11.7 Å². The van der Waals surface area contributed by atoms with Gasteiger partial charge in [-0.2, -0.15) is 5.01 Å². The molecule has 0 unspecified atom stereocenters. The summed E-state index contributed by atoms with van der Waals surface area (Å²) in [4.78, 5) is 5.07. The fourth-order valence-corrected chi connectivity index (χ4v) is 1.14. The molecule has 0 spiro atoms. The summed E-state index contributed by atoms with van der Waals surface area (Å²) in [6.45, 7) is 1.33. The molecule has 1 aromatic heterocycles. The second kappa shape index (κ2) is 4.28. The molecule has 1 aromatic rings. The maximum Gasteiger partial charge on any atom is 0.328 e. The largest absolute Gasteiger partial charge is 0.862 e. The second-order valence-electron chi connectivity index (χ2n) is 2.83. The summed E-state index contributed by atoms with van der Waals surface area (Å²) in [6.07, 6.45) is 0. The SMILES string of the molecule is C/C([O-])=N/c1on[n+](N(C)C)c1CCl. The van der Waals surface area contributed by atoms with Crippen molar-refractivity contribution in [2.75, 3.05) is 19.1 Å². The summed E-state index contributed by atoms with van der Waals surface area (Å²) >= 11 is 5.69. The molecule has 0 atom stereocenters. The van der Waals surface area contributed by atoms with Crippen LogP contribution in [0, 0.1) is 0 Å². The molecule has 0 radical (unpaired) electrons. The summed E-state index contributed by atoms with van der Waals surface area (Å²) in [5.74, 6) is -0.0204. The smallest absolute Gasteiger partial charge is 0.328 e. The Kier molecular flexibility index (Phi) is 3.29. The van der Waals surface area contributed by atoms with Gasteiger partial charge in [-0.1, -0.05) is 0 Å².